The van der Waals surface area contributed by atoms with Crippen LogP contribution in [-0.4, -0.2) is 11.6 Å². The van der Waals surface area contributed by atoms with Crippen molar-refractivity contribution in [2.45, 2.75) is 19.2 Å². The van der Waals surface area contributed by atoms with E-state index >= 15 is 0 Å². The normalized spacial score (nSPS) is 32.4. The number of dihydropyridines is 1. The van der Waals surface area contributed by atoms with Crippen LogP contribution in [0, 0.1) is 11.8 Å². The molecule has 64 valence electrons. The van der Waals surface area contributed by atoms with Crippen LogP contribution in [0.2, 0.25) is 0 Å². The van der Waals surface area contributed by atoms with Crippen molar-refractivity contribution < 1.29 is 0 Å². The van der Waals surface area contributed by atoms with E-state index in [1.807, 2.05) is 18.0 Å². The van der Waals surface area contributed by atoms with Crippen LogP contribution >= 0.6 is 11.8 Å². The third-order valence-corrected chi connectivity index (χ3v) is 3.44. The quantitative estimate of drug-likeness (QED) is 0.603. The fourth-order valence-electron chi connectivity index (χ4n) is 1.64. The molecule has 0 spiro atoms. The molecule has 0 aromatic heterocycles. The predicted octanol–water partition coefficient (Wildman–Crippen LogP) is 2.86. The van der Waals surface area contributed by atoms with Gasteiger partial charge >= 0.3 is 0 Å². The maximum Gasteiger partial charge on any atom is 0.109 e. The molecule has 2 rings (SSSR count). The van der Waals surface area contributed by atoms with Gasteiger partial charge in [-0.05, 0) is 17.4 Å². The molecule has 2 heteroatoms. The van der Waals surface area contributed by atoms with Gasteiger partial charge in [0, 0.05) is 12.1 Å². The zero-order valence-corrected chi connectivity index (χ0v) is 8.21. The van der Waals surface area contributed by atoms with Gasteiger partial charge in [0.25, 0.3) is 0 Å². The largest absolute Gasteiger partial charge is 0.278 e. The van der Waals surface area contributed by atoms with Gasteiger partial charge in [-0.3, -0.25) is 4.99 Å². The van der Waals surface area contributed by atoms with Crippen molar-refractivity contribution in [3.63, 3.8) is 0 Å². The molecule has 0 saturated heterocycles. The van der Waals surface area contributed by atoms with Crippen molar-refractivity contribution in [3.05, 3.63) is 23.1 Å². The summed E-state index contributed by atoms with van der Waals surface area (Å²) in [6, 6.07) is 0. The average Bonchev–Trinajstić information content (AvgIpc) is 2.47. The first kappa shape index (κ1) is 8.11. The standard InChI is InChI=1S/C10H13NS/c1-7(2)9-6-12-10-8(9)4-3-5-11-10/h3-8,10H,1-2H3/t8-,10+/m1/s1. The number of fused-ring (bicyclic) bond motifs is 1. The van der Waals surface area contributed by atoms with E-state index in [4.69, 9.17) is 0 Å². The summed E-state index contributed by atoms with van der Waals surface area (Å²) in [5.41, 5.74) is 1.54. The van der Waals surface area contributed by atoms with Gasteiger partial charge in [-0.2, -0.15) is 0 Å². The first-order valence-corrected chi connectivity index (χ1v) is 5.28. The van der Waals surface area contributed by atoms with Gasteiger partial charge in [0.1, 0.15) is 5.37 Å². The fraction of sp³-hybridized carbons (Fsp3) is 0.500. The third kappa shape index (κ3) is 1.24. The summed E-state index contributed by atoms with van der Waals surface area (Å²) in [5, 5.41) is 2.72. The summed E-state index contributed by atoms with van der Waals surface area (Å²) >= 11 is 1.85. The van der Waals surface area contributed by atoms with Gasteiger partial charge in [0.05, 0.1) is 0 Å². The molecule has 12 heavy (non-hydrogen) atoms. The van der Waals surface area contributed by atoms with Crippen molar-refractivity contribution >= 4 is 18.0 Å². The number of nitrogens with zero attached hydrogens (tertiary/aromatic N) is 1. The molecule has 0 N–H and O–H groups in total. The number of hydrogen-bond donors (Lipinski definition) is 0. The number of rotatable bonds is 1. The van der Waals surface area contributed by atoms with Crippen LogP contribution in [0.3, 0.4) is 0 Å². The third-order valence-electron chi connectivity index (χ3n) is 2.34. The minimum absolute atomic E-state index is 0.437. The lowest BCUT2D eigenvalue weighted by molar-refractivity contribution is 0.624. The summed E-state index contributed by atoms with van der Waals surface area (Å²) in [6.45, 7) is 4.50. The number of hydrogen-bond acceptors (Lipinski definition) is 2. The fourth-order valence-corrected chi connectivity index (χ4v) is 2.92. The molecule has 0 aromatic carbocycles. The SMILES string of the molecule is CC(C)C1=CS[C@@H]2N=CC=C[C@H]12. The molecule has 0 radical (unpaired) electrons. The van der Waals surface area contributed by atoms with Crippen molar-refractivity contribution in [2.75, 3.05) is 0 Å². The molecule has 0 aromatic rings. The summed E-state index contributed by atoms with van der Waals surface area (Å²) in [7, 11) is 0. The molecular formula is C10H13NS. The molecule has 2 heterocycles. The molecule has 2 aliphatic rings. The molecule has 0 unspecified atom stereocenters. The second-order valence-corrected chi connectivity index (χ2v) is 4.50. The highest BCUT2D eigenvalue weighted by Crippen LogP contribution is 2.41. The highest BCUT2D eigenvalue weighted by atomic mass is 32.2. The Bertz CT molecular complexity index is 263. The Labute approximate surface area is 77.7 Å². The van der Waals surface area contributed by atoms with E-state index in [1.54, 1.807) is 0 Å². The van der Waals surface area contributed by atoms with Crippen LogP contribution in [0.25, 0.3) is 0 Å². The van der Waals surface area contributed by atoms with Crippen LogP contribution in [0.4, 0.5) is 0 Å². The maximum absolute atomic E-state index is 4.42. The average molecular weight is 179 g/mol. The van der Waals surface area contributed by atoms with Crippen LogP contribution in [0.15, 0.2) is 28.1 Å². The molecule has 0 bridgehead atoms. The van der Waals surface area contributed by atoms with Crippen LogP contribution in [0.5, 0.6) is 0 Å². The smallest absolute Gasteiger partial charge is 0.109 e. The van der Waals surface area contributed by atoms with Crippen molar-refractivity contribution in [1.82, 2.24) is 0 Å². The highest BCUT2D eigenvalue weighted by molar-refractivity contribution is 8.03. The van der Waals surface area contributed by atoms with E-state index in [0.717, 1.165) is 0 Å². The molecule has 1 nitrogen and oxygen atoms in total. The molecule has 0 aliphatic carbocycles. The zero-order valence-electron chi connectivity index (χ0n) is 7.40. The van der Waals surface area contributed by atoms with E-state index in [9.17, 15) is 0 Å². The summed E-state index contributed by atoms with van der Waals surface area (Å²) < 4.78 is 0. The molecule has 0 fully saturated rings. The molecular weight excluding hydrogens is 166 g/mol. The lowest BCUT2D eigenvalue weighted by Crippen LogP contribution is -2.15. The summed E-state index contributed by atoms with van der Waals surface area (Å²) in [5.74, 6) is 1.23. The second-order valence-electron chi connectivity index (χ2n) is 3.51. The first-order valence-electron chi connectivity index (χ1n) is 4.34. The predicted molar refractivity (Wildman–Crippen MR) is 55.4 cm³/mol. The van der Waals surface area contributed by atoms with Gasteiger partial charge in [-0.25, -0.2) is 0 Å². The Morgan fingerprint density at radius 1 is 1.50 bits per heavy atom. The Balaban J connectivity index is 2.20. The number of thioether (sulfide) groups is 1. The van der Waals surface area contributed by atoms with E-state index in [1.165, 1.54) is 5.57 Å². The maximum atomic E-state index is 4.42. The Morgan fingerprint density at radius 2 is 2.33 bits per heavy atom. The van der Waals surface area contributed by atoms with Crippen LogP contribution < -0.4 is 0 Å². The summed E-state index contributed by atoms with van der Waals surface area (Å²) in [6.07, 6.45) is 6.23. The van der Waals surface area contributed by atoms with Crippen molar-refractivity contribution in [2.24, 2.45) is 16.8 Å². The van der Waals surface area contributed by atoms with E-state index < -0.39 is 0 Å². The second kappa shape index (κ2) is 3.09. The zero-order chi connectivity index (χ0) is 8.55. The van der Waals surface area contributed by atoms with Gasteiger partial charge in [-0.1, -0.05) is 25.5 Å². The Kier molecular flexibility index (Phi) is 2.09. The van der Waals surface area contributed by atoms with Gasteiger partial charge < -0.3 is 0 Å². The lowest BCUT2D eigenvalue weighted by atomic mass is 9.90. The van der Waals surface area contributed by atoms with Crippen LogP contribution in [0.1, 0.15) is 13.8 Å². The topological polar surface area (TPSA) is 12.4 Å². The Hall–Kier alpha value is -0.500. The monoisotopic (exact) mass is 179 g/mol. The van der Waals surface area contributed by atoms with Crippen molar-refractivity contribution in [1.29, 1.82) is 0 Å². The molecule has 2 aliphatic heterocycles. The van der Waals surface area contributed by atoms with Gasteiger partial charge in [-0.15, -0.1) is 11.8 Å². The van der Waals surface area contributed by atoms with E-state index in [0.29, 0.717) is 17.2 Å². The minimum Gasteiger partial charge on any atom is -0.278 e. The summed E-state index contributed by atoms with van der Waals surface area (Å²) in [4.78, 5) is 4.42. The Morgan fingerprint density at radius 3 is 3.08 bits per heavy atom. The van der Waals surface area contributed by atoms with Gasteiger partial charge in [0.2, 0.25) is 0 Å². The van der Waals surface area contributed by atoms with Crippen molar-refractivity contribution in [3.8, 4) is 0 Å². The molecule has 0 amide bonds. The molecule has 0 saturated carbocycles. The van der Waals surface area contributed by atoms with E-state index in [2.05, 4.69) is 36.4 Å². The number of allylic oxidation sites excluding steroid dienone is 1. The first-order chi connectivity index (χ1) is 5.79. The highest BCUT2D eigenvalue weighted by Gasteiger charge is 2.30. The van der Waals surface area contributed by atoms with Crippen LogP contribution in [-0.2, 0) is 0 Å². The van der Waals surface area contributed by atoms with Gasteiger partial charge in [0.15, 0.2) is 0 Å². The lowest BCUT2D eigenvalue weighted by Gasteiger charge is -2.19. The minimum atomic E-state index is 0.437. The number of aliphatic imine (C=N–C) groups is 1. The molecule has 2 atom stereocenters. The van der Waals surface area contributed by atoms with E-state index in [-0.39, 0.29) is 0 Å².